The molecule has 0 aliphatic rings. The predicted molar refractivity (Wildman–Crippen MR) is 78.1 cm³/mol. The summed E-state index contributed by atoms with van der Waals surface area (Å²) in [5, 5.41) is 4.65. The smallest absolute Gasteiger partial charge is 0.271 e. The molecule has 0 spiro atoms. The van der Waals surface area contributed by atoms with Crippen molar-refractivity contribution in [1.29, 1.82) is 0 Å². The molecule has 7 heteroatoms. The number of rotatable bonds is 5. The van der Waals surface area contributed by atoms with Crippen LogP contribution in [0.2, 0.25) is 0 Å². The Bertz CT molecular complexity index is 677. The van der Waals surface area contributed by atoms with Gasteiger partial charge in [-0.2, -0.15) is 0 Å². The lowest BCUT2D eigenvalue weighted by atomic mass is 10.3. The van der Waals surface area contributed by atoms with Crippen LogP contribution in [0.25, 0.3) is 10.2 Å². The first kappa shape index (κ1) is 14.7. The van der Waals surface area contributed by atoms with Gasteiger partial charge in [0.1, 0.15) is 11.2 Å². The van der Waals surface area contributed by atoms with Crippen molar-refractivity contribution in [2.45, 2.75) is 26.4 Å². The molecule has 1 amide bonds. The highest BCUT2D eigenvalue weighted by Crippen LogP contribution is 2.19. The van der Waals surface area contributed by atoms with Crippen molar-refractivity contribution in [3.8, 4) is 0 Å². The summed E-state index contributed by atoms with van der Waals surface area (Å²) in [6, 6.07) is -0.0936. The molecular weight excluding hydrogens is 278 g/mol. The van der Waals surface area contributed by atoms with Gasteiger partial charge in [0.25, 0.3) is 5.56 Å². The molecular formula is C13H17N3O3S. The number of carbonyl (C=O) groups is 1. The maximum absolute atomic E-state index is 12.2. The van der Waals surface area contributed by atoms with Crippen molar-refractivity contribution in [1.82, 2.24) is 14.9 Å². The van der Waals surface area contributed by atoms with Gasteiger partial charge in [0.15, 0.2) is 0 Å². The van der Waals surface area contributed by atoms with Crippen LogP contribution in [0.1, 0.15) is 12.5 Å². The number of nitrogens with one attached hydrogen (secondary N) is 1. The van der Waals surface area contributed by atoms with E-state index in [-0.39, 0.29) is 24.1 Å². The number of amides is 1. The Morgan fingerprint density at radius 3 is 3.05 bits per heavy atom. The van der Waals surface area contributed by atoms with Crippen LogP contribution >= 0.6 is 11.3 Å². The lowest BCUT2D eigenvalue weighted by Crippen LogP contribution is -2.39. The molecule has 0 fully saturated rings. The summed E-state index contributed by atoms with van der Waals surface area (Å²) in [6.07, 6.45) is 1.42. The summed E-state index contributed by atoms with van der Waals surface area (Å²) in [4.78, 5) is 28.3. The molecule has 6 nitrogen and oxygen atoms in total. The van der Waals surface area contributed by atoms with Crippen LogP contribution in [0.3, 0.4) is 0 Å². The molecule has 0 aliphatic heterocycles. The molecule has 0 aromatic carbocycles. The third-order valence-electron chi connectivity index (χ3n) is 2.86. The summed E-state index contributed by atoms with van der Waals surface area (Å²) in [7, 11) is 1.57. The van der Waals surface area contributed by atoms with Gasteiger partial charge in [-0.15, -0.1) is 11.3 Å². The Morgan fingerprint density at radius 1 is 1.60 bits per heavy atom. The van der Waals surface area contributed by atoms with Crippen molar-refractivity contribution in [3.05, 3.63) is 27.6 Å². The van der Waals surface area contributed by atoms with Crippen molar-refractivity contribution < 1.29 is 9.53 Å². The van der Waals surface area contributed by atoms with Crippen molar-refractivity contribution in [2.75, 3.05) is 13.7 Å². The molecule has 20 heavy (non-hydrogen) atoms. The van der Waals surface area contributed by atoms with E-state index in [1.807, 2.05) is 19.2 Å². The van der Waals surface area contributed by atoms with E-state index in [0.29, 0.717) is 16.8 Å². The molecule has 0 radical (unpaired) electrons. The number of ether oxygens (including phenoxy) is 1. The minimum atomic E-state index is -0.230. The van der Waals surface area contributed by atoms with Crippen molar-refractivity contribution in [2.24, 2.45) is 0 Å². The number of hydrogen-bond acceptors (Lipinski definition) is 5. The first-order valence-electron chi connectivity index (χ1n) is 6.24. The highest BCUT2D eigenvalue weighted by Gasteiger charge is 2.12. The first-order chi connectivity index (χ1) is 9.52. The van der Waals surface area contributed by atoms with E-state index in [1.165, 1.54) is 22.2 Å². The molecule has 2 rings (SSSR count). The number of aryl methyl sites for hydroxylation is 1. The first-order valence-corrected chi connectivity index (χ1v) is 7.12. The van der Waals surface area contributed by atoms with E-state index in [4.69, 9.17) is 4.74 Å². The van der Waals surface area contributed by atoms with Crippen molar-refractivity contribution in [3.63, 3.8) is 0 Å². The average molecular weight is 295 g/mol. The molecule has 2 aromatic heterocycles. The maximum atomic E-state index is 12.2. The second-order valence-electron chi connectivity index (χ2n) is 4.70. The zero-order chi connectivity index (χ0) is 14.7. The number of nitrogens with zero attached hydrogens (tertiary/aromatic N) is 2. The highest BCUT2D eigenvalue weighted by atomic mass is 32.1. The number of carbonyl (C=O) groups excluding carboxylic acids is 1. The molecule has 2 aromatic rings. The number of thiophene rings is 1. The van der Waals surface area contributed by atoms with Gasteiger partial charge in [-0.1, -0.05) is 0 Å². The van der Waals surface area contributed by atoms with Crippen molar-refractivity contribution >= 4 is 27.5 Å². The molecule has 1 unspecified atom stereocenters. The van der Waals surface area contributed by atoms with E-state index in [1.54, 1.807) is 7.11 Å². The fourth-order valence-electron chi connectivity index (χ4n) is 1.94. The SMILES string of the molecule is COCC(C)NC(=O)Cn1cnc2c(C)csc2c1=O. The number of hydrogen-bond donors (Lipinski definition) is 1. The number of methoxy groups -OCH3 is 1. The van der Waals surface area contributed by atoms with Gasteiger partial charge in [0, 0.05) is 13.2 Å². The van der Waals surface area contributed by atoms with Crippen LogP contribution in [0, 0.1) is 6.92 Å². The minimum Gasteiger partial charge on any atom is -0.383 e. The van der Waals surface area contributed by atoms with Crippen LogP contribution in [0.5, 0.6) is 0 Å². The molecule has 108 valence electrons. The second-order valence-corrected chi connectivity index (χ2v) is 5.58. The van der Waals surface area contributed by atoms with Gasteiger partial charge >= 0.3 is 0 Å². The minimum absolute atomic E-state index is 0.0349. The zero-order valence-corrected chi connectivity index (χ0v) is 12.5. The lowest BCUT2D eigenvalue weighted by Gasteiger charge is -2.13. The summed E-state index contributed by atoms with van der Waals surface area (Å²) in [5.41, 5.74) is 1.51. The average Bonchev–Trinajstić information content (AvgIpc) is 2.75. The van der Waals surface area contributed by atoms with Crippen LogP contribution in [0.4, 0.5) is 0 Å². The highest BCUT2D eigenvalue weighted by molar-refractivity contribution is 7.17. The molecule has 2 heterocycles. The predicted octanol–water partition coefficient (Wildman–Crippen LogP) is 0.918. The fraction of sp³-hybridized carbons (Fsp3) is 0.462. The molecule has 0 bridgehead atoms. The Hall–Kier alpha value is -1.73. The van der Waals surface area contributed by atoms with Gasteiger partial charge < -0.3 is 10.1 Å². The van der Waals surface area contributed by atoms with E-state index in [0.717, 1.165) is 5.56 Å². The molecule has 0 saturated heterocycles. The Morgan fingerprint density at radius 2 is 2.35 bits per heavy atom. The van der Waals surface area contributed by atoms with E-state index < -0.39 is 0 Å². The van der Waals surface area contributed by atoms with E-state index >= 15 is 0 Å². The fourth-order valence-corrected chi connectivity index (χ4v) is 2.89. The number of fused-ring (bicyclic) bond motifs is 1. The Labute approximate surface area is 120 Å². The zero-order valence-electron chi connectivity index (χ0n) is 11.7. The van der Waals surface area contributed by atoms with Crippen LogP contribution < -0.4 is 10.9 Å². The van der Waals surface area contributed by atoms with Gasteiger partial charge in [-0.25, -0.2) is 4.98 Å². The summed E-state index contributed by atoms with van der Waals surface area (Å²) in [5.74, 6) is -0.230. The monoisotopic (exact) mass is 295 g/mol. The Balaban J connectivity index is 2.16. The summed E-state index contributed by atoms with van der Waals surface area (Å²) >= 11 is 1.36. The second kappa shape index (κ2) is 6.15. The third-order valence-corrected chi connectivity index (χ3v) is 3.94. The standard InChI is InChI=1S/C13H17N3O3S/c1-8-6-20-12-11(8)14-7-16(13(12)18)4-10(17)15-9(2)5-19-3/h6-7,9H,4-5H2,1-3H3,(H,15,17). The third kappa shape index (κ3) is 3.05. The van der Waals surface area contributed by atoms with Gasteiger partial charge in [0.05, 0.1) is 18.5 Å². The van der Waals surface area contributed by atoms with Gasteiger partial charge in [-0.3, -0.25) is 14.2 Å². The summed E-state index contributed by atoms with van der Waals surface area (Å²) < 4.78 is 6.86. The topological polar surface area (TPSA) is 73.2 Å². The van der Waals surface area contributed by atoms with Crippen LogP contribution in [-0.4, -0.2) is 35.2 Å². The quantitative estimate of drug-likeness (QED) is 0.890. The molecule has 0 saturated carbocycles. The Kier molecular flexibility index (Phi) is 4.51. The number of aromatic nitrogens is 2. The van der Waals surface area contributed by atoms with Crippen LogP contribution in [0.15, 0.2) is 16.5 Å². The summed E-state index contributed by atoms with van der Waals surface area (Å²) in [6.45, 7) is 4.15. The van der Waals surface area contributed by atoms with Gasteiger partial charge in [0.2, 0.25) is 5.91 Å². The van der Waals surface area contributed by atoms with Crippen LogP contribution in [-0.2, 0) is 16.1 Å². The molecule has 1 N–H and O–H groups in total. The maximum Gasteiger partial charge on any atom is 0.271 e. The van der Waals surface area contributed by atoms with E-state index in [9.17, 15) is 9.59 Å². The lowest BCUT2D eigenvalue weighted by molar-refractivity contribution is -0.122. The van der Waals surface area contributed by atoms with E-state index in [2.05, 4.69) is 10.3 Å². The largest absolute Gasteiger partial charge is 0.383 e. The normalized spacial score (nSPS) is 12.6. The molecule has 0 aliphatic carbocycles. The van der Waals surface area contributed by atoms with Gasteiger partial charge in [-0.05, 0) is 24.8 Å². The molecule has 1 atom stereocenters.